The summed E-state index contributed by atoms with van der Waals surface area (Å²) in [7, 11) is -3.31. The third kappa shape index (κ3) is 6.21. The Morgan fingerprint density at radius 1 is 1.00 bits per heavy atom. The maximum atomic E-state index is 12.3. The molecule has 0 atom stereocenters. The molecule has 0 heterocycles. The number of rotatable bonds is 6. The summed E-state index contributed by atoms with van der Waals surface area (Å²) < 4.78 is 24.7. The van der Waals surface area contributed by atoms with Crippen LogP contribution in [-0.4, -0.2) is 26.2 Å². The zero-order valence-electron chi connectivity index (χ0n) is 14.9. The molecule has 4 nitrogen and oxygen atoms in total. The third-order valence-corrected chi connectivity index (χ3v) is 5.22. The van der Waals surface area contributed by atoms with E-state index in [0.717, 1.165) is 11.2 Å². The van der Waals surface area contributed by atoms with Crippen molar-refractivity contribution in [3.63, 3.8) is 0 Å². The molecule has 0 amide bonds. The van der Waals surface area contributed by atoms with E-state index in [9.17, 15) is 13.2 Å². The minimum absolute atomic E-state index is 0.0100. The van der Waals surface area contributed by atoms with Crippen LogP contribution in [0.2, 0.25) is 0 Å². The molecule has 1 N–H and O–H groups in total. The van der Waals surface area contributed by atoms with E-state index in [1.165, 1.54) is 17.3 Å². The van der Waals surface area contributed by atoms with Gasteiger partial charge in [0, 0.05) is 16.1 Å². The van der Waals surface area contributed by atoms with Crippen LogP contribution in [0, 0.1) is 0 Å². The molecule has 0 spiro atoms. The molecule has 0 saturated carbocycles. The van der Waals surface area contributed by atoms with E-state index in [1.807, 2.05) is 12.1 Å². The minimum atomic E-state index is -3.31. The van der Waals surface area contributed by atoms with Crippen LogP contribution in [0.15, 0.2) is 53.4 Å². The van der Waals surface area contributed by atoms with Crippen molar-refractivity contribution in [1.82, 2.24) is 0 Å². The number of thioether (sulfide) groups is 1. The molecule has 134 valence electrons. The van der Waals surface area contributed by atoms with Crippen molar-refractivity contribution >= 4 is 33.3 Å². The predicted molar refractivity (Wildman–Crippen MR) is 105 cm³/mol. The summed E-state index contributed by atoms with van der Waals surface area (Å²) in [4.78, 5) is 13.3. The van der Waals surface area contributed by atoms with E-state index < -0.39 is 10.0 Å². The molecule has 0 aliphatic carbocycles. The summed E-state index contributed by atoms with van der Waals surface area (Å²) in [5, 5.41) is 0. The number of carbonyl (C=O) groups excluding carboxylic acids is 1. The van der Waals surface area contributed by atoms with Gasteiger partial charge in [-0.1, -0.05) is 32.9 Å². The van der Waals surface area contributed by atoms with Crippen LogP contribution in [0.25, 0.3) is 0 Å². The van der Waals surface area contributed by atoms with Gasteiger partial charge >= 0.3 is 0 Å². The Bertz CT molecular complexity index is 834. The summed E-state index contributed by atoms with van der Waals surface area (Å²) in [5.41, 5.74) is 2.39. The van der Waals surface area contributed by atoms with Gasteiger partial charge in [0.1, 0.15) is 0 Å². The van der Waals surface area contributed by atoms with Gasteiger partial charge in [0.05, 0.1) is 12.0 Å². The van der Waals surface area contributed by atoms with Gasteiger partial charge in [-0.25, -0.2) is 8.42 Å². The number of carbonyl (C=O) groups is 1. The molecular formula is C19H23NO3S2. The fourth-order valence-corrected chi connectivity index (χ4v) is 3.58. The summed E-state index contributed by atoms with van der Waals surface area (Å²) in [6.07, 6.45) is 1.09. The first-order chi connectivity index (χ1) is 11.5. The van der Waals surface area contributed by atoms with Gasteiger partial charge in [-0.3, -0.25) is 9.52 Å². The SMILES string of the molecule is CC(C)(C)c1ccc(SCC(=O)c2ccc(NS(C)(=O)=O)cc2)cc1. The van der Waals surface area contributed by atoms with Crippen LogP contribution in [0.4, 0.5) is 5.69 Å². The van der Waals surface area contributed by atoms with Gasteiger partial charge in [-0.05, 0) is 47.4 Å². The average molecular weight is 378 g/mol. The molecule has 0 bridgehead atoms. The van der Waals surface area contributed by atoms with Crippen molar-refractivity contribution in [2.45, 2.75) is 31.1 Å². The van der Waals surface area contributed by atoms with E-state index in [4.69, 9.17) is 0 Å². The summed E-state index contributed by atoms with van der Waals surface area (Å²) >= 11 is 1.50. The van der Waals surface area contributed by atoms with E-state index in [-0.39, 0.29) is 11.2 Å². The van der Waals surface area contributed by atoms with Crippen molar-refractivity contribution in [2.75, 3.05) is 16.7 Å². The molecule has 0 aliphatic rings. The fraction of sp³-hybridized carbons (Fsp3) is 0.316. The lowest BCUT2D eigenvalue weighted by atomic mass is 9.87. The van der Waals surface area contributed by atoms with Crippen molar-refractivity contribution in [3.8, 4) is 0 Å². The normalized spacial score (nSPS) is 12.0. The van der Waals surface area contributed by atoms with Crippen molar-refractivity contribution < 1.29 is 13.2 Å². The second-order valence-electron chi connectivity index (χ2n) is 6.94. The first kappa shape index (κ1) is 19.5. The standard InChI is InChI=1S/C19H23NO3S2/c1-19(2,3)15-7-11-17(12-8-15)24-13-18(21)14-5-9-16(10-6-14)20-25(4,22)23/h5-12,20H,13H2,1-4H3. The Labute approximate surface area is 154 Å². The van der Waals surface area contributed by atoms with Crippen LogP contribution in [0.3, 0.4) is 0 Å². The number of sulfonamides is 1. The molecule has 0 aromatic heterocycles. The molecule has 2 aromatic rings. The maximum Gasteiger partial charge on any atom is 0.229 e. The van der Waals surface area contributed by atoms with E-state index in [0.29, 0.717) is 17.0 Å². The zero-order valence-corrected chi connectivity index (χ0v) is 16.5. The highest BCUT2D eigenvalue weighted by atomic mass is 32.2. The van der Waals surface area contributed by atoms with Gasteiger partial charge in [-0.2, -0.15) is 0 Å². The van der Waals surface area contributed by atoms with Gasteiger partial charge in [-0.15, -0.1) is 11.8 Å². The van der Waals surface area contributed by atoms with Gasteiger partial charge in [0.2, 0.25) is 10.0 Å². The molecular weight excluding hydrogens is 354 g/mol. The molecule has 2 rings (SSSR count). The third-order valence-electron chi connectivity index (χ3n) is 3.60. The number of hydrogen-bond acceptors (Lipinski definition) is 4. The van der Waals surface area contributed by atoms with E-state index in [2.05, 4.69) is 37.6 Å². The van der Waals surface area contributed by atoms with Gasteiger partial charge in [0.15, 0.2) is 5.78 Å². The van der Waals surface area contributed by atoms with Crippen LogP contribution < -0.4 is 4.72 Å². The number of ketones is 1. The van der Waals surface area contributed by atoms with Crippen molar-refractivity contribution in [1.29, 1.82) is 0 Å². The predicted octanol–water partition coefficient (Wildman–Crippen LogP) is 4.33. The molecule has 0 aliphatic heterocycles. The second-order valence-corrected chi connectivity index (χ2v) is 9.74. The summed E-state index contributed by atoms with van der Waals surface area (Å²) in [6, 6.07) is 14.7. The molecule has 0 saturated heterocycles. The number of benzene rings is 2. The molecule has 25 heavy (non-hydrogen) atoms. The van der Waals surface area contributed by atoms with Gasteiger partial charge in [0.25, 0.3) is 0 Å². The van der Waals surface area contributed by atoms with E-state index >= 15 is 0 Å². The topological polar surface area (TPSA) is 63.2 Å². The quantitative estimate of drug-likeness (QED) is 0.601. The molecule has 0 unspecified atom stereocenters. The number of Topliss-reactive ketones (excluding diaryl/α,β-unsaturated/α-hetero) is 1. The van der Waals surface area contributed by atoms with Gasteiger partial charge < -0.3 is 0 Å². The van der Waals surface area contributed by atoms with Crippen molar-refractivity contribution in [2.24, 2.45) is 0 Å². The Balaban J connectivity index is 1.96. The van der Waals surface area contributed by atoms with E-state index in [1.54, 1.807) is 24.3 Å². The molecule has 2 aromatic carbocycles. The number of hydrogen-bond donors (Lipinski definition) is 1. The highest BCUT2D eigenvalue weighted by molar-refractivity contribution is 8.00. The van der Waals surface area contributed by atoms with Crippen LogP contribution in [0.5, 0.6) is 0 Å². The van der Waals surface area contributed by atoms with Crippen LogP contribution in [0.1, 0.15) is 36.7 Å². The monoisotopic (exact) mass is 377 g/mol. The lowest BCUT2D eigenvalue weighted by Crippen LogP contribution is -2.10. The summed E-state index contributed by atoms with van der Waals surface area (Å²) in [6.45, 7) is 6.50. The Hall–Kier alpha value is -1.79. The Morgan fingerprint density at radius 3 is 2.04 bits per heavy atom. The Kier molecular flexibility index (Phi) is 5.95. The largest absolute Gasteiger partial charge is 0.293 e. The number of nitrogens with one attached hydrogen (secondary N) is 1. The fourth-order valence-electron chi connectivity index (χ4n) is 2.22. The summed E-state index contributed by atoms with van der Waals surface area (Å²) in [5.74, 6) is 0.351. The highest BCUT2D eigenvalue weighted by Crippen LogP contribution is 2.26. The lowest BCUT2D eigenvalue weighted by Gasteiger charge is -2.19. The maximum absolute atomic E-state index is 12.3. The second kappa shape index (κ2) is 7.62. The number of anilines is 1. The van der Waals surface area contributed by atoms with Crippen molar-refractivity contribution in [3.05, 3.63) is 59.7 Å². The molecule has 0 radical (unpaired) electrons. The Morgan fingerprint density at radius 2 is 1.56 bits per heavy atom. The first-order valence-corrected chi connectivity index (χ1v) is 10.8. The molecule has 6 heteroatoms. The lowest BCUT2D eigenvalue weighted by molar-refractivity contribution is 0.102. The highest BCUT2D eigenvalue weighted by Gasteiger charge is 2.13. The van der Waals surface area contributed by atoms with Crippen LogP contribution in [-0.2, 0) is 15.4 Å². The first-order valence-electron chi connectivity index (χ1n) is 7.89. The average Bonchev–Trinajstić information content (AvgIpc) is 2.51. The molecule has 0 fully saturated rings. The zero-order chi connectivity index (χ0) is 18.7. The smallest absolute Gasteiger partial charge is 0.229 e. The van der Waals surface area contributed by atoms with Crippen LogP contribution >= 0.6 is 11.8 Å². The minimum Gasteiger partial charge on any atom is -0.293 e.